The van der Waals surface area contributed by atoms with Crippen molar-refractivity contribution in [1.29, 1.82) is 0 Å². The Morgan fingerprint density at radius 3 is 2.61 bits per heavy atom. The van der Waals surface area contributed by atoms with Crippen LogP contribution in [0, 0.1) is 0 Å². The van der Waals surface area contributed by atoms with Crippen molar-refractivity contribution in [2.45, 2.75) is 37.8 Å². The first kappa shape index (κ1) is 19.3. The Bertz CT molecular complexity index is 512. The fourth-order valence-electron chi connectivity index (χ4n) is 2.88. The summed E-state index contributed by atoms with van der Waals surface area (Å²) in [4.78, 5) is 25.2. The molecule has 3 amide bonds. The number of benzene rings is 1. The Morgan fingerprint density at radius 1 is 1.26 bits per heavy atom. The van der Waals surface area contributed by atoms with Gasteiger partial charge in [0.2, 0.25) is 5.91 Å². The van der Waals surface area contributed by atoms with Gasteiger partial charge in [-0.2, -0.15) is 0 Å². The van der Waals surface area contributed by atoms with Crippen LogP contribution in [0.5, 0.6) is 0 Å². The van der Waals surface area contributed by atoms with Crippen LogP contribution in [0.2, 0.25) is 0 Å². The quantitative estimate of drug-likeness (QED) is 0.757. The van der Waals surface area contributed by atoms with Gasteiger partial charge in [0.1, 0.15) is 0 Å². The van der Waals surface area contributed by atoms with Gasteiger partial charge in [-0.25, -0.2) is 4.79 Å². The van der Waals surface area contributed by atoms with Crippen molar-refractivity contribution in [3.8, 4) is 0 Å². The predicted molar refractivity (Wildman–Crippen MR) is 92.2 cm³/mol. The third-order valence-corrected chi connectivity index (χ3v) is 4.08. The van der Waals surface area contributed by atoms with Gasteiger partial charge in [-0.15, -0.1) is 12.4 Å². The molecule has 1 aromatic rings. The maximum atomic E-state index is 12.5. The number of carbonyl (C=O) groups excluding carboxylic acids is 2. The second-order valence-electron chi connectivity index (χ2n) is 5.70. The van der Waals surface area contributed by atoms with E-state index in [4.69, 9.17) is 11.5 Å². The summed E-state index contributed by atoms with van der Waals surface area (Å²) in [5, 5.41) is 2.60. The summed E-state index contributed by atoms with van der Waals surface area (Å²) in [6.07, 6.45) is 3.20. The Labute approximate surface area is 143 Å². The number of rotatable bonds is 5. The summed E-state index contributed by atoms with van der Waals surface area (Å²) in [5.41, 5.74) is 12.2. The fraction of sp³-hybridized carbons (Fsp3) is 0.500. The van der Waals surface area contributed by atoms with Crippen molar-refractivity contribution in [1.82, 2.24) is 10.2 Å². The molecule has 5 N–H and O–H groups in total. The average molecular weight is 341 g/mol. The summed E-state index contributed by atoms with van der Waals surface area (Å²) in [5.74, 6) is 0.0346. The summed E-state index contributed by atoms with van der Waals surface area (Å²) >= 11 is 0. The van der Waals surface area contributed by atoms with Gasteiger partial charge in [0.05, 0.1) is 0 Å². The number of urea groups is 1. The van der Waals surface area contributed by atoms with E-state index in [1.165, 1.54) is 0 Å². The minimum Gasteiger partial charge on any atom is -0.352 e. The number of carbonyl (C=O) groups is 2. The number of amides is 3. The van der Waals surface area contributed by atoms with Crippen LogP contribution in [0.25, 0.3) is 0 Å². The minimum atomic E-state index is -0.557. The Morgan fingerprint density at radius 2 is 1.96 bits per heavy atom. The Hall–Kier alpha value is -1.79. The summed E-state index contributed by atoms with van der Waals surface area (Å²) in [7, 11) is 0. The lowest BCUT2D eigenvalue weighted by Crippen LogP contribution is -2.50. The van der Waals surface area contributed by atoms with Crippen molar-refractivity contribution in [3.05, 3.63) is 35.9 Å². The van der Waals surface area contributed by atoms with E-state index in [0.717, 1.165) is 24.8 Å². The van der Waals surface area contributed by atoms with E-state index in [1.54, 1.807) is 0 Å². The summed E-state index contributed by atoms with van der Waals surface area (Å²) in [6, 6.07) is 8.77. The molecule has 1 aromatic carbocycles. The highest BCUT2D eigenvalue weighted by Crippen LogP contribution is 2.21. The molecule has 2 unspecified atom stereocenters. The molecule has 0 saturated carbocycles. The highest BCUT2D eigenvalue weighted by atomic mass is 35.5. The lowest BCUT2D eigenvalue weighted by Gasteiger charge is -2.36. The molecule has 1 aliphatic heterocycles. The Balaban J connectivity index is 0.00000264. The lowest BCUT2D eigenvalue weighted by atomic mass is 9.99. The molecule has 7 heteroatoms. The molecular formula is C16H25ClN4O2. The van der Waals surface area contributed by atoms with Crippen molar-refractivity contribution >= 4 is 24.3 Å². The number of likely N-dealkylation sites (tertiary alicyclic amines) is 1. The molecule has 0 radical (unpaired) electrons. The third kappa shape index (κ3) is 5.73. The normalized spacial score (nSPS) is 18.7. The van der Waals surface area contributed by atoms with Crippen molar-refractivity contribution in [2.24, 2.45) is 11.5 Å². The van der Waals surface area contributed by atoms with Crippen LogP contribution in [0.3, 0.4) is 0 Å². The zero-order valence-corrected chi connectivity index (χ0v) is 13.9. The van der Waals surface area contributed by atoms with Gasteiger partial charge in [-0.05, 0) is 24.8 Å². The van der Waals surface area contributed by atoms with Gasteiger partial charge in [0, 0.05) is 31.6 Å². The van der Waals surface area contributed by atoms with Crippen molar-refractivity contribution in [2.75, 3.05) is 13.1 Å². The lowest BCUT2D eigenvalue weighted by molar-refractivity contribution is -0.135. The second-order valence-corrected chi connectivity index (χ2v) is 5.70. The molecule has 1 heterocycles. The fourth-order valence-corrected chi connectivity index (χ4v) is 2.88. The minimum absolute atomic E-state index is 0. The van der Waals surface area contributed by atoms with Gasteiger partial charge < -0.3 is 21.7 Å². The van der Waals surface area contributed by atoms with Gasteiger partial charge in [0.25, 0.3) is 0 Å². The average Bonchev–Trinajstić information content (AvgIpc) is 2.54. The van der Waals surface area contributed by atoms with E-state index in [1.807, 2.05) is 35.2 Å². The molecule has 23 heavy (non-hydrogen) atoms. The van der Waals surface area contributed by atoms with Gasteiger partial charge in [-0.3, -0.25) is 4.79 Å². The van der Waals surface area contributed by atoms with Crippen LogP contribution in [0.1, 0.15) is 37.3 Å². The van der Waals surface area contributed by atoms with E-state index in [-0.39, 0.29) is 36.8 Å². The van der Waals surface area contributed by atoms with Crippen molar-refractivity contribution in [3.63, 3.8) is 0 Å². The largest absolute Gasteiger partial charge is 0.352 e. The monoisotopic (exact) mass is 340 g/mol. The van der Waals surface area contributed by atoms with Crippen LogP contribution in [0.15, 0.2) is 30.3 Å². The van der Waals surface area contributed by atoms with Gasteiger partial charge >= 0.3 is 6.03 Å². The van der Waals surface area contributed by atoms with Crippen LogP contribution >= 0.6 is 12.4 Å². The first-order valence-electron chi connectivity index (χ1n) is 7.71. The maximum absolute atomic E-state index is 12.5. The number of piperidine rings is 1. The second kappa shape index (κ2) is 9.37. The zero-order valence-electron chi connectivity index (χ0n) is 13.1. The topological polar surface area (TPSA) is 101 Å². The van der Waals surface area contributed by atoms with E-state index in [0.29, 0.717) is 13.1 Å². The molecule has 6 nitrogen and oxygen atoms in total. The number of halogens is 1. The van der Waals surface area contributed by atoms with E-state index in [2.05, 4.69) is 5.32 Å². The summed E-state index contributed by atoms with van der Waals surface area (Å²) in [6.45, 7) is 1.12. The van der Waals surface area contributed by atoms with Gasteiger partial charge in [0.15, 0.2) is 0 Å². The molecule has 2 rings (SSSR count). The zero-order chi connectivity index (χ0) is 15.9. The maximum Gasteiger partial charge on any atom is 0.312 e. The highest BCUT2D eigenvalue weighted by molar-refractivity contribution is 5.85. The van der Waals surface area contributed by atoms with Crippen molar-refractivity contribution < 1.29 is 9.59 Å². The van der Waals surface area contributed by atoms with Crippen LogP contribution in [0.4, 0.5) is 4.79 Å². The standard InChI is InChI=1S/C16H24N4O2.ClH/c17-14(12-6-2-1-3-7-12)10-15(21)20-9-5-4-8-13(20)11-19-16(18)22;/h1-3,6-7,13-14H,4-5,8-11,17H2,(H3,18,19,22);1H. The smallest absolute Gasteiger partial charge is 0.312 e. The number of hydrogen-bond donors (Lipinski definition) is 3. The highest BCUT2D eigenvalue weighted by Gasteiger charge is 2.27. The number of nitrogens with zero attached hydrogens (tertiary/aromatic N) is 1. The number of nitrogens with one attached hydrogen (secondary N) is 1. The molecule has 1 aliphatic rings. The van der Waals surface area contributed by atoms with Crippen LogP contribution in [-0.4, -0.2) is 36.0 Å². The SMILES string of the molecule is Cl.NC(=O)NCC1CCCCN1C(=O)CC(N)c1ccccc1. The molecule has 0 bridgehead atoms. The first-order valence-corrected chi connectivity index (χ1v) is 7.71. The van der Waals surface area contributed by atoms with E-state index < -0.39 is 6.03 Å². The van der Waals surface area contributed by atoms with E-state index in [9.17, 15) is 9.59 Å². The number of primary amides is 1. The number of nitrogens with two attached hydrogens (primary N) is 2. The predicted octanol–water partition coefficient (Wildman–Crippen LogP) is 1.55. The first-order chi connectivity index (χ1) is 10.6. The molecule has 2 atom stereocenters. The number of hydrogen-bond acceptors (Lipinski definition) is 3. The Kier molecular flexibility index (Phi) is 7.85. The van der Waals surface area contributed by atoms with Crippen LogP contribution < -0.4 is 16.8 Å². The molecule has 0 aliphatic carbocycles. The van der Waals surface area contributed by atoms with E-state index >= 15 is 0 Å². The molecular weight excluding hydrogens is 316 g/mol. The molecule has 128 valence electrons. The molecule has 1 fully saturated rings. The molecule has 1 saturated heterocycles. The van der Waals surface area contributed by atoms with Crippen LogP contribution in [-0.2, 0) is 4.79 Å². The molecule has 0 spiro atoms. The molecule has 0 aromatic heterocycles. The third-order valence-electron chi connectivity index (χ3n) is 4.08. The summed E-state index contributed by atoms with van der Waals surface area (Å²) < 4.78 is 0. The van der Waals surface area contributed by atoms with Gasteiger partial charge in [-0.1, -0.05) is 30.3 Å².